The zero-order chi connectivity index (χ0) is 16.6. The van der Waals surface area contributed by atoms with Crippen LogP contribution in [0, 0.1) is 11.8 Å². The lowest BCUT2D eigenvalue weighted by atomic mass is 9.85. The van der Waals surface area contributed by atoms with Crippen LogP contribution in [0.5, 0.6) is 5.75 Å². The molecule has 1 saturated heterocycles. The number of amides is 1. The molecular formula is C18H23Cl2NO2. The molecule has 126 valence electrons. The molecule has 3 atom stereocenters. The van der Waals surface area contributed by atoms with Gasteiger partial charge in [0, 0.05) is 28.5 Å². The summed E-state index contributed by atoms with van der Waals surface area (Å²) in [4.78, 5) is 14.9. The highest BCUT2D eigenvalue weighted by Crippen LogP contribution is 2.36. The van der Waals surface area contributed by atoms with Gasteiger partial charge in [-0.3, -0.25) is 4.79 Å². The van der Waals surface area contributed by atoms with Gasteiger partial charge in [0.05, 0.1) is 0 Å². The highest BCUT2D eigenvalue weighted by atomic mass is 35.5. The van der Waals surface area contributed by atoms with Crippen LogP contribution < -0.4 is 0 Å². The van der Waals surface area contributed by atoms with Gasteiger partial charge in [-0.25, -0.2) is 0 Å². The van der Waals surface area contributed by atoms with Crippen molar-refractivity contribution >= 4 is 29.1 Å². The van der Waals surface area contributed by atoms with E-state index in [2.05, 4.69) is 11.8 Å². The van der Waals surface area contributed by atoms with Gasteiger partial charge in [0.25, 0.3) is 0 Å². The maximum atomic E-state index is 12.8. The van der Waals surface area contributed by atoms with Crippen molar-refractivity contribution in [2.24, 2.45) is 11.8 Å². The quantitative estimate of drug-likeness (QED) is 0.855. The normalized spacial score (nSPS) is 28.4. The van der Waals surface area contributed by atoms with E-state index < -0.39 is 0 Å². The highest BCUT2D eigenvalue weighted by molar-refractivity contribution is 6.36. The van der Waals surface area contributed by atoms with Crippen LogP contribution in [0.4, 0.5) is 0 Å². The molecule has 1 heterocycles. The van der Waals surface area contributed by atoms with Gasteiger partial charge in [-0.15, -0.1) is 0 Å². The Morgan fingerprint density at radius 3 is 2.48 bits per heavy atom. The topological polar surface area (TPSA) is 40.5 Å². The molecule has 0 radical (unpaired) electrons. The van der Waals surface area contributed by atoms with E-state index in [4.69, 9.17) is 23.2 Å². The number of phenolic OH excluding ortho intramolecular Hbond substituents is 1. The fraction of sp³-hybridized carbons (Fsp3) is 0.611. The summed E-state index contributed by atoms with van der Waals surface area (Å²) in [6.07, 6.45) is 6.25. The Morgan fingerprint density at radius 2 is 1.83 bits per heavy atom. The van der Waals surface area contributed by atoms with Crippen molar-refractivity contribution in [1.82, 2.24) is 4.90 Å². The number of hydrogen-bond donors (Lipinski definition) is 1. The molecule has 0 spiro atoms. The van der Waals surface area contributed by atoms with Crippen LogP contribution in [-0.2, 0) is 11.2 Å². The van der Waals surface area contributed by atoms with E-state index in [1.165, 1.54) is 31.4 Å². The summed E-state index contributed by atoms with van der Waals surface area (Å²) in [5.41, 5.74) is 0.767. The van der Waals surface area contributed by atoms with Gasteiger partial charge in [-0.2, -0.15) is 0 Å². The number of hydrogen-bond acceptors (Lipinski definition) is 2. The molecule has 0 aromatic heterocycles. The average Bonchev–Trinajstić information content (AvgIpc) is 2.84. The number of halogens is 2. The zero-order valence-electron chi connectivity index (χ0n) is 13.4. The second kappa shape index (κ2) is 6.90. The first-order valence-corrected chi connectivity index (χ1v) is 9.20. The Hall–Kier alpha value is -0.930. The molecule has 5 heteroatoms. The van der Waals surface area contributed by atoms with Crippen LogP contribution in [0.3, 0.4) is 0 Å². The Bertz CT molecular complexity index is 582. The summed E-state index contributed by atoms with van der Waals surface area (Å²) < 4.78 is 0. The van der Waals surface area contributed by atoms with Gasteiger partial charge < -0.3 is 10.0 Å². The molecule has 1 aromatic carbocycles. The summed E-state index contributed by atoms with van der Waals surface area (Å²) in [5.74, 6) is 0.832. The molecule has 1 amide bonds. The van der Waals surface area contributed by atoms with Crippen molar-refractivity contribution < 1.29 is 9.90 Å². The number of carbonyl (C=O) groups is 1. The number of aromatic hydroxyl groups is 1. The predicted octanol–water partition coefficient (Wildman–Crippen LogP) is 4.67. The smallest absolute Gasteiger partial charge is 0.226 e. The molecule has 1 N–H and O–H groups in total. The largest absolute Gasteiger partial charge is 0.508 e. The lowest BCUT2D eigenvalue weighted by Crippen LogP contribution is -2.43. The number of phenols is 1. The lowest BCUT2D eigenvalue weighted by molar-refractivity contribution is -0.134. The lowest BCUT2D eigenvalue weighted by Gasteiger charge is -2.36. The minimum Gasteiger partial charge on any atom is -0.508 e. The SMILES string of the molecule is C[C@H]1CCCC[C@H]1N1CCC(Cc2c(Cl)cc(O)cc2Cl)C1=O. The maximum absolute atomic E-state index is 12.8. The highest BCUT2D eigenvalue weighted by Gasteiger charge is 2.38. The van der Waals surface area contributed by atoms with Crippen molar-refractivity contribution in [3.8, 4) is 5.75 Å². The fourth-order valence-corrected chi connectivity index (χ4v) is 4.70. The minimum atomic E-state index is -0.0522. The fourth-order valence-electron chi connectivity index (χ4n) is 4.07. The summed E-state index contributed by atoms with van der Waals surface area (Å²) in [7, 11) is 0. The van der Waals surface area contributed by atoms with E-state index in [1.54, 1.807) is 0 Å². The average molecular weight is 356 g/mol. The van der Waals surface area contributed by atoms with E-state index >= 15 is 0 Å². The monoisotopic (exact) mass is 355 g/mol. The molecule has 1 aliphatic carbocycles. The third-order valence-corrected chi connectivity index (χ3v) is 6.07. The molecule has 1 aromatic rings. The van der Waals surface area contributed by atoms with Crippen LogP contribution in [-0.4, -0.2) is 28.5 Å². The molecule has 23 heavy (non-hydrogen) atoms. The van der Waals surface area contributed by atoms with Crippen LogP contribution in [0.2, 0.25) is 10.0 Å². The van der Waals surface area contributed by atoms with Gasteiger partial charge in [-0.05, 0) is 49.3 Å². The van der Waals surface area contributed by atoms with Crippen molar-refractivity contribution in [2.45, 2.75) is 51.5 Å². The third-order valence-electron chi connectivity index (χ3n) is 5.39. The first kappa shape index (κ1) is 16.9. The first-order valence-electron chi connectivity index (χ1n) is 8.44. The number of likely N-dealkylation sites (tertiary alicyclic amines) is 1. The summed E-state index contributed by atoms with van der Waals surface area (Å²) in [6.45, 7) is 3.10. The molecule has 1 aliphatic heterocycles. The standard InChI is InChI=1S/C18H23Cl2NO2/c1-11-4-2-3-5-17(11)21-7-6-12(18(21)23)8-14-15(19)9-13(22)10-16(14)20/h9-12,17,22H,2-8H2,1H3/t11-,12?,17+/m0/s1. The van der Waals surface area contributed by atoms with E-state index in [0.29, 0.717) is 28.4 Å². The zero-order valence-corrected chi connectivity index (χ0v) is 14.9. The third kappa shape index (κ3) is 3.46. The van der Waals surface area contributed by atoms with Crippen LogP contribution in [0.15, 0.2) is 12.1 Å². The summed E-state index contributed by atoms with van der Waals surface area (Å²) >= 11 is 12.4. The van der Waals surface area contributed by atoms with E-state index in [1.807, 2.05) is 0 Å². The van der Waals surface area contributed by atoms with Gasteiger partial charge in [0.1, 0.15) is 5.75 Å². The van der Waals surface area contributed by atoms with E-state index in [0.717, 1.165) is 24.9 Å². The van der Waals surface area contributed by atoms with Crippen LogP contribution in [0.1, 0.15) is 44.6 Å². The van der Waals surface area contributed by atoms with Crippen molar-refractivity contribution in [3.05, 3.63) is 27.7 Å². The second-order valence-electron chi connectivity index (χ2n) is 6.94. The van der Waals surface area contributed by atoms with Crippen molar-refractivity contribution in [1.29, 1.82) is 0 Å². The van der Waals surface area contributed by atoms with E-state index in [-0.39, 0.29) is 17.6 Å². The van der Waals surface area contributed by atoms with Gasteiger partial charge in [0.15, 0.2) is 0 Å². The van der Waals surface area contributed by atoms with Crippen LogP contribution >= 0.6 is 23.2 Å². The van der Waals surface area contributed by atoms with E-state index in [9.17, 15) is 9.90 Å². The molecule has 3 nitrogen and oxygen atoms in total. The maximum Gasteiger partial charge on any atom is 0.226 e. The van der Waals surface area contributed by atoms with Gasteiger partial charge >= 0.3 is 0 Å². The first-order chi connectivity index (χ1) is 11.0. The predicted molar refractivity (Wildman–Crippen MR) is 93.1 cm³/mol. The van der Waals surface area contributed by atoms with Gasteiger partial charge in [-0.1, -0.05) is 43.0 Å². The Morgan fingerprint density at radius 1 is 1.17 bits per heavy atom. The molecular weight excluding hydrogens is 333 g/mol. The Labute approximate surface area is 147 Å². The van der Waals surface area contributed by atoms with Crippen molar-refractivity contribution in [2.75, 3.05) is 6.54 Å². The summed E-state index contributed by atoms with van der Waals surface area (Å²) in [6, 6.07) is 3.37. The number of carbonyl (C=O) groups excluding carboxylic acids is 1. The molecule has 1 unspecified atom stereocenters. The van der Waals surface area contributed by atoms with Crippen molar-refractivity contribution in [3.63, 3.8) is 0 Å². The molecule has 3 rings (SSSR count). The molecule has 2 fully saturated rings. The molecule has 2 aliphatic rings. The number of benzene rings is 1. The molecule has 0 bridgehead atoms. The second-order valence-corrected chi connectivity index (χ2v) is 7.75. The Balaban J connectivity index is 1.72. The minimum absolute atomic E-state index is 0.0522. The number of rotatable bonds is 3. The molecule has 1 saturated carbocycles. The number of nitrogens with zero attached hydrogens (tertiary/aromatic N) is 1. The summed E-state index contributed by atoms with van der Waals surface area (Å²) in [5, 5.41) is 10.4. The van der Waals surface area contributed by atoms with Crippen LogP contribution in [0.25, 0.3) is 0 Å². The Kier molecular flexibility index (Phi) is 5.07. The van der Waals surface area contributed by atoms with Gasteiger partial charge in [0.2, 0.25) is 5.91 Å².